The Hall–Kier alpha value is -1.32. The topological polar surface area (TPSA) is 39.3 Å². The molecule has 1 aromatic heterocycles. The molecule has 17 heavy (non-hydrogen) atoms. The zero-order chi connectivity index (χ0) is 12.5. The lowest BCUT2D eigenvalue weighted by Crippen LogP contribution is -2.41. The molecule has 0 bridgehead atoms. The number of benzene rings is 1. The van der Waals surface area contributed by atoms with E-state index in [1.54, 1.807) is 0 Å². The lowest BCUT2D eigenvalue weighted by molar-refractivity contribution is -0.0622. The van der Waals surface area contributed by atoms with Crippen molar-refractivity contribution >= 4 is 10.9 Å². The molecule has 0 unspecified atom stereocenters. The summed E-state index contributed by atoms with van der Waals surface area (Å²) < 4.78 is 0. The number of para-hydroxylation sites is 1. The zero-order valence-corrected chi connectivity index (χ0v) is 10.7. The van der Waals surface area contributed by atoms with Gasteiger partial charge in [-0.05, 0) is 38.9 Å². The highest BCUT2D eigenvalue weighted by Crippen LogP contribution is 2.19. The van der Waals surface area contributed by atoms with Gasteiger partial charge in [-0.3, -0.25) is 4.90 Å². The molecule has 1 aromatic carbocycles. The molecule has 0 saturated carbocycles. The van der Waals surface area contributed by atoms with Crippen LogP contribution in [0.5, 0.6) is 0 Å². The van der Waals surface area contributed by atoms with Crippen molar-refractivity contribution in [1.29, 1.82) is 0 Å². The first-order chi connectivity index (χ1) is 7.98. The van der Waals surface area contributed by atoms with Crippen molar-refractivity contribution in [3.63, 3.8) is 0 Å². The molecule has 0 atom stereocenters. The van der Waals surface area contributed by atoms with Gasteiger partial charge in [0, 0.05) is 23.6 Å². The van der Waals surface area contributed by atoms with Crippen LogP contribution in [-0.4, -0.2) is 34.3 Å². The maximum atomic E-state index is 9.85. The minimum Gasteiger partial charge on any atom is -0.376 e. The fourth-order valence-electron chi connectivity index (χ4n) is 1.90. The largest absolute Gasteiger partial charge is 0.376 e. The molecule has 0 saturated heterocycles. The number of fused-ring (bicyclic) bond motifs is 1. The molecule has 1 heterocycles. The molecule has 3 nitrogen and oxygen atoms in total. The van der Waals surface area contributed by atoms with Gasteiger partial charge in [-0.15, -0.1) is 0 Å². The van der Waals surface area contributed by atoms with E-state index in [1.807, 2.05) is 31.9 Å². The van der Waals surface area contributed by atoms with Gasteiger partial charge in [-0.1, -0.05) is 18.2 Å². The van der Waals surface area contributed by atoms with Crippen molar-refractivity contribution in [3.8, 4) is 0 Å². The number of likely N-dealkylation sites (N-methyl/N-ethyl adjacent to an activating group) is 1. The summed E-state index contributed by atoms with van der Waals surface area (Å²) in [4.78, 5) is 5.22. The van der Waals surface area contributed by atoms with Crippen LogP contribution in [0.25, 0.3) is 10.9 Å². The van der Waals surface area contributed by atoms with Gasteiger partial charge in [0.05, 0.1) is 0 Å². The second-order valence-corrected chi connectivity index (χ2v) is 5.03. The van der Waals surface area contributed by atoms with Gasteiger partial charge in [0.25, 0.3) is 0 Å². The maximum Gasteiger partial charge on any atom is 0.112 e. The van der Waals surface area contributed by atoms with Crippen LogP contribution in [-0.2, 0) is 6.42 Å². The average Bonchev–Trinajstić information content (AvgIpc) is 2.68. The Labute approximate surface area is 102 Å². The average molecular weight is 232 g/mol. The molecule has 0 radical (unpaired) electrons. The Bertz CT molecular complexity index is 496. The van der Waals surface area contributed by atoms with Gasteiger partial charge in [0.15, 0.2) is 0 Å². The number of hydrogen-bond donors (Lipinski definition) is 2. The number of H-pyrrole nitrogens is 1. The SMILES string of the molecule is CN(CCc1c[nH]c2ccccc12)C(C)(C)O. The van der Waals surface area contributed by atoms with E-state index in [2.05, 4.69) is 29.4 Å². The van der Waals surface area contributed by atoms with Crippen molar-refractivity contribution in [2.45, 2.75) is 26.0 Å². The summed E-state index contributed by atoms with van der Waals surface area (Å²) in [6.07, 6.45) is 2.99. The molecule has 2 rings (SSSR count). The molecule has 0 fully saturated rings. The first-order valence-corrected chi connectivity index (χ1v) is 5.97. The molecular formula is C14H20N2O. The third-order valence-electron chi connectivity index (χ3n) is 3.33. The maximum absolute atomic E-state index is 9.85. The molecule has 2 aromatic rings. The van der Waals surface area contributed by atoms with Gasteiger partial charge >= 0.3 is 0 Å². The second kappa shape index (κ2) is 4.51. The smallest absolute Gasteiger partial charge is 0.112 e. The van der Waals surface area contributed by atoms with Gasteiger partial charge in [0.1, 0.15) is 5.72 Å². The van der Waals surface area contributed by atoms with Crippen LogP contribution in [0, 0.1) is 0 Å². The van der Waals surface area contributed by atoms with E-state index < -0.39 is 5.72 Å². The highest BCUT2D eigenvalue weighted by molar-refractivity contribution is 5.83. The predicted molar refractivity (Wildman–Crippen MR) is 70.9 cm³/mol. The number of nitrogens with zero attached hydrogens (tertiary/aromatic N) is 1. The summed E-state index contributed by atoms with van der Waals surface area (Å²) >= 11 is 0. The molecule has 3 heteroatoms. The summed E-state index contributed by atoms with van der Waals surface area (Å²) in [6.45, 7) is 4.45. The van der Waals surface area contributed by atoms with E-state index in [9.17, 15) is 5.11 Å². The third-order valence-corrected chi connectivity index (χ3v) is 3.33. The highest BCUT2D eigenvalue weighted by Gasteiger charge is 2.18. The van der Waals surface area contributed by atoms with Crippen LogP contribution in [0.4, 0.5) is 0 Å². The Morgan fingerprint density at radius 3 is 2.71 bits per heavy atom. The van der Waals surface area contributed by atoms with Crippen LogP contribution in [0.2, 0.25) is 0 Å². The zero-order valence-electron chi connectivity index (χ0n) is 10.7. The van der Waals surface area contributed by atoms with Crippen molar-refractivity contribution in [1.82, 2.24) is 9.88 Å². The normalized spacial score (nSPS) is 12.5. The number of rotatable bonds is 4. The Morgan fingerprint density at radius 1 is 1.29 bits per heavy atom. The van der Waals surface area contributed by atoms with Crippen LogP contribution in [0.15, 0.2) is 30.5 Å². The number of aromatic nitrogens is 1. The van der Waals surface area contributed by atoms with Crippen molar-refractivity contribution in [2.24, 2.45) is 0 Å². The van der Waals surface area contributed by atoms with E-state index in [0.717, 1.165) is 13.0 Å². The molecule has 0 spiro atoms. The van der Waals surface area contributed by atoms with E-state index in [4.69, 9.17) is 0 Å². The Balaban J connectivity index is 2.09. The van der Waals surface area contributed by atoms with E-state index in [0.29, 0.717) is 0 Å². The van der Waals surface area contributed by atoms with Gasteiger partial charge < -0.3 is 10.1 Å². The lowest BCUT2D eigenvalue weighted by Gasteiger charge is -2.30. The highest BCUT2D eigenvalue weighted by atomic mass is 16.3. The third kappa shape index (κ3) is 2.68. The minimum absolute atomic E-state index is 0.758. The summed E-state index contributed by atoms with van der Waals surface area (Å²) in [5, 5.41) is 11.1. The fraction of sp³-hybridized carbons (Fsp3) is 0.429. The first-order valence-electron chi connectivity index (χ1n) is 5.97. The number of aliphatic hydroxyl groups is 1. The van der Waals surface area contributed by atoms with Gasteiger partial charge in [-0.25, -0.2) is 0 Å². The van der Waals surface area contributed by atoms with E-state index in [1.165, 1.54) is 16.5 Å². The summed E-state index contributed by atoms with van der Waals surface area (Å²) in [6, 6.07) is 8.30. The number of aromatic amines is 1. The Morgan fingerprint density at radius 2 is 2.00 bits per heavy atom. The number of hydrogen-bond acceptors (Lipinski definition) is 2. The first kappa shape index (κ1) is 12.1. The Kier molecular flexibility index (Phi) is 3.22. The quantitative estimate of drug-likeness (QED) is 0.794. The molecule has 0 aliphatic heterocycles. The number of nitrogens with one attached hydrogen (secondary N) is 1. The summed E-state index contributed by atoms with van der Waals surface area (Å²) in [5.41, 5.74) is 1.72. The van der Waals surface area contributed by atoms with Crippen LogP contribution < -0.4 is 0 Å². The molecule has 0 aliphatic carbocycles. The van der Waals surface area contributed by atoms with Crippen LogP contribution in [0.3, 0.4) is 0 Å². The molecular weight excluding hydrogens is 212 g/mol. The van der Waals surface area contributed by atoms with Gasteiger partial charge in [0.2, 0.25) is 0 Å². The predicted octanol–water partition coefficient (Wildman–Crippen LogP) is 2.37. The van der Waals surface area contributed by atoms with E-state index in [-0.39, 0.29) is 0 Å². The van der Waals surface area contributed by atoms with Crippen molar-refractivity contribution in [2.75, 3.05) is 13.6 Å². The molecule has 92 valence electrons. The molecule has 0 amide bonds. The monoisotopic (exact) mass is 232 g/mol. The standard InChI is InChI=1S/C14H20N2O/c1-14(2,17)16(3)9-8-11-10-15-13-7-5-4-6-12(11)13/h4-7,10,15,17H,8-9H2,1-3H3. The molecule has 2 N–H and O–H groups in total. The molecule has 0 aliphatic rings. The van der Waals surface area contributed by atoms with Crippen LogP contribution >= 0.6 is 0 Å². The minimum atomic E-state index is -0.758. The second-order valence-electron chi connectivity index (χ2n) is 5.03. The van der Waals surface area contributed by atoms with Crippen molar-refractivity contribution < 1.29 is 5.11 Å². The van der Waals surface area contributed by atoms with E-state index >= 15 is 0 Å². The lowest BCUT2D eigenvalue weighted by atomic mass is 10.1. The fourth-order valence-corrected chi connectivity index (χ4v) is 1.90. The van der Waals surface area contributed by atoms with Crippen molar-refractivity contribution in [3.05, 3.63) is 36.0 Å². The van der Waals surface area contributed by atoms with Gasteiger partial charge in [-0.2, -0.15) is 0 Å². The van der Waals surface area contributed by atoms with Crippen LogP contribution in [0.1, 0.15) is 19.4 Å². The summed E-state index contributed by atoms with van der Waals surface area (Å²) in [7, 11) is 1.94. The summed E-state index contributed by atoms with van der Waals surface area (Å²) in [5.74, 6) is 0.